The van der Waals surface area contributed by atoms with Crippen molar-refractivity contribution in [3.63, 3.8) is 0 Å². The van der Waals surface area contributed by atoms with Crippen molar-refractivity contribution in [2.75, 3.05) is 7.11 Å². The Morgan fingerprint density at radius 2 is 1.94 bits per heavy atom. The van der Waals surface area contributed by atoms with Gasteiger partial charge in [0, 0.05) is 15.7 Å². The van der Waals surface area contributed by atoms with Gasteiger partial charge in [-0.05, 0) is 24.6 Å². The molecule has 0 saturated carbocycles. The SMILES string of the molecule is COC(=O)c1cc(Cl)cc(S(=O)(=O)Cl)c1C. The van der Waals surface area contributed by atoms with Crippen LogP contribution in [0.5, 0.6) is 0 Å². The van der Waals surface area contributed by atoms with Crippen LogP contribution in [-0.2, 0) is 13.8 Å². The van der Waals surface area contributed by atoms with Crippen LogP contribution in [0, 0.1) is 6.92 Å². The Balaban J connectivity index is 3.56. The van der Waals surface area contributed by atoms with Crippen LogP contribution in [0.15, 0.2) is 17.0 Å². The van der Waals surface area contributed by atoms with E-state index in [0.717, 1.165) is 0 Å². The fourth-order valence-corrected chi connectivity index (χ4v) is 2.74. The number of methoxy groups -OCH3 is 1. The van der Waals surface area contributed by atoms with Crippen LogP contribution in [0.3, 0.4) is 0 Å². The number of carbonyl (C=O) groups excluding carboxylic acids is 1. The standard InChI is InChI=1S/C9H8Cl2O4S/c1-5-7(9(12)15-2)3-6(10)4-8(5)16(11,13)14/h3-4H,1-2H3. The molecular formula is C9H8Cl2O4S. The molecule has 0 radical (unpaired) electrons. The van der Waals surface area contributed by atoms with Crippen LogP contribution in [0.4, 0.5) is 0 Å². The molecule has 0 N–H and O–H groups in total. The Kier molecular flexibility index (Phi) is 3.83. The summed E-state index contributed by atoms with van der Waals surface area (Å²) in [4.78, 5) is 11.2. The predicted octanol–water partition coefficient (Wildman–Crippen LogP) is 2.36. The molecule has 0 bridgehead atoms. The van der Waals surface area contributed by atoms with Crippen LogP contribution in [0.25, 0.3) is 0 Å². The topological polar surface area (TPSA) is 60.4 Å². The van der Waals surface area contributed by atoms with E-state index in [9.17, 15) is 13.2 Å². The summed E-state index contributed by atoms with van der Waals surface area (Å²) >= 11 is 5.70. The second-order valence-corrected chi connectivity index (χ2v) is 5.98. The number of halogens is 2. The summed E-state index contributed by atoms with van der Waals surface area (Å²) < 4.78 is 27.0. The minimum absolute atomic E-state index is 0.0780. The summed E-state index contributed by atoms with van der Waals surface area (Å²) in [6, 6.07) is 2.51. The third-order valence-corrected chi connectivity index (χ3v) is 3.66. The van der Waals surface area contributed by atoms with Gasteiger partial charge in [-0.2, -0.15) is 0 Å². The molecule has 0 spiro atoms. The Morgan fingerprint density at radius 3 is 2.38 bits per heavy atom. The molecule has 0 aliphatic rings. The van der Waals surface area contributed by atoms with E-state index in [-0.39, 0.29) is 21.0 Å². The largest absolute Gasteiger partial charge is 0.465 e. The van der Waals surface area contributed by atoms with Crippen LogP contribution < -0.4 is 0 Å². The average molecular weight is 283 g/mol. The van der Waals surface area contributed by atoms with Crippen molar-refractivity contribution >= 4 is 37.3 Å². The van der Waals surface area contributed by atoms with E-state index < -0.39 is 15.0 Å². The molecule has 1 rings (SSSR count). The third-order valence-electron chi connectivity index (χ3n) is 1.99. The summed E-state index contributed by atoms with van der Waals surface area (Å²) in [6.07, 6.45) is 0. The lowest BCUT2D eigenvalue weighted by Gasteiger charge is -2.08. The van der Waals surface area contributed by atoms with Crippen LogP contribution in [-0.4, -0.2) is 21.5 Å². The molecule has 4 nitrogen and oxygen atoms in total. The lowest BCUT2D eigenvalue weighted by Crippen LogP contribution is -2.07. The average Bonchev–Trinajstić information content (AvgIpc) is 2.18. The summed E-state index contributed by atoms with van der Waals surface area (Å²) in [5, 5.41) is 0.102. The number of carbonyl (C=O) groups is 1. The minimum atomic E-state index is -3.94. The molecule has 1 aromatic rings. The van der Waals surface area contributed by atoms with Gasteiger partial charge in [0.2, 0.25) is 0 Å². The van der Waals surface area contributed by atoms with Crippen molar-refractivity contribution in [2.24, 2.45) is 0 Å². The molecule has 0 unspecified atom stereocenters. The lowest BCUT2D eigenvalue weighted by atomic mass is 10.1. The van der Waals surface area contributed by atoms with E-state index in [0.29, 0.717) is 0 Å². The molecular weight excluding hydrogens is 275 g/mol. The second-order valence-electron chi connectivity index (χ2n) is 3.01. The van der Waals surface area contributed by atoms with Crippen molar-refractivity contribution in [1.29, 1.82) is 0 Å². The normalized spacial score (nSPS) is 11.2. The van der Waals surface area contributed by atoms with Gasteiger partial charge in [-0.25, -0.2) is 13.2 Å². The van der Waals surface area contributed by atoms with Crippen molar-refractivity contribution in [1.82, 2.24) is 0 Å². The van der Waals surface area contributed by atoms with Crippen molar-refractivity contribution < 1.29 is 17.9 Å². The highest BCUT2D eigenvalue weighted by Crippen LogP contribution is 2.27. The zero-order valence-electron chi connectivity index (χ0n) is 8.45. The van der Waals surface area contributed by atoms with E-state index in [1.54, 1.807) is 0 Å². The van der Waals surface area contributed by atoms with Gasteiger partial charge in [0.25, 0.3) is 9.05 Å². The van der Waals surface area contributed by atoms with Gasteiger partial charge in [0.05, 0.1) is 17.6 Å². The number of esters is 1. The maximum atomic E-state index is 11.3. The fourth-order valence-electron chi connectivity index (χ4n) is 1.23. The summed E-state index contributed by atoms with van der Waals surface area (Å²) in [5.74, 6) is -0.665. The maximum Gasteiger partial charge on any atom is 0.338 e. The molecule has 0 aliphatic heterocycles. The highest BCUT2D eigenvalue weighted by atomic mass is 35.7. The molecule has 0 aromatic heterocycles. The summed E-state index contributed by atoms with van der Waals surface area (Å²) in [7, 11) is 2.47. The molecule has 0 aliphatic carbocycles. The molecule has 0 atom stereocenters. The van der Waals surface area contributed by atoms with E-state index in [2.05, 4.69) is 4.74 Å². The van der Waals surface area contributed by atoms with Gasteiger partial charge >= 0.3 is 5.97 Å². The van der Waals surface area contributed by atoms with Gasteiger partial charge in [0.15, 0.2) is 0 Å². The predicted molar refractivity (Wildman–Crippen MR) is 60.6 cm³/mol. The van der Waals surface area contributed by atoms with Crippen molar-refractivity contribution in [3.05, 3.63) is 28.3 Å². The van der Waals surface area contributed by atoms with Gasteiger partial charge in [-0.1, -0.05) is 11.6 Å². The first kappa shape index (κ1) is 13.3. The molecule has 7 heteroatoms. The van der Waals surface area contributed by atoms with Crippen molar-refractivity contribution in [3.8, 4) is 0 Å². The van der Waals surface area contributed by atoms with Gasteiger partial charge in [-0.15, -0.1) is 0 Å². The highest BCUT2D eigenvalue weighted by Gasteiger charge is 2.20. The fraction of sp³-hybridized carbons (Fsp3) is 0.222. The molecule has 16 heavy (non-hydrogen) atoms. The second kappa shape index (κ2) is 4.61. The number of benzene rings is 1. The summed E-state index contributed by atoms with van der Waals surface area (Å²) in [5.41, 5.74) is 0.292. The van der Waals surface area contributed by atoms with E-state index in [4.69, 9.17) is 22.3 Å². The zero-order chi connectivity index (χ0) is 12.5. The number of hydrogen-bond donors (Lipinski definition) is 0. The highest BCUT2D eigenvalue weighted by molar-refractivity contribution is 8.13. The number of rotatable bonds is 2. The van der Waals surface area contributed by atoms with Crippen LogP contribution in [0.1, 0.15) is 15.9 Å². The van der Waals surface area contributed by atoms with E-state index >= 15 is 0 Å². The molecule has 0 amide bonds. The molecule has 0 heterocycles. The molecule has 1 aromatic carbocycles. The quantitative estimate of drug-likeness (QED) is 0.617. The van der Waals surface area contributed by atoms with Gasteiger partial charge in [0.1, 0.15) is 0 Å². The number of hydrogen-bond acceptors (Lipinski definition) is 4. The Labute approximate surface area is 103 Å². The molecule has 88 valence electrons. The number of ether oxygens (including phenoxy) is 1. The van der Waals surface area contributed by atoms with Crippen LogP contribution >= 0.6 is 22.3 Å². The first-order chi connectivity index (χ1) is 7.27. The zero-order valence-corrected chi connectivity index (χ0v) is 10.8. The molecule has 0 fully saturated rings. The first-order valence-corrected chi connectivity index (χ1v) is 6.79. The van der Waals surface area contributed by atoms with E-state index in [1.807, 2.05) is 0 Å². The Morgan fingerprint density at radius 1 is 1.38 bits per heavy atom. The maximum absolute atomic E-state index is 11.3. The molecule has 0 saturated heterocycles. The smallest absolute Gasteiger partial charge is 0.338 e. The lowest BCUT2D eigenvalue weighted by molar-refractivity contribution is 0.0599. The minimum Gasteiger partial charge on any atom is -0.465 e. The monoisotopic (exact) mass is 282 g/mol. The van der Waals surface area contributed by atoms with E-state index in [1.165, 1.54) is 26.2 Å². The van der Waals surface area contributed by atoms with Crippen molar-refractivity contribution in [2.45, 2.75) is 11.8 Å². The van der Waals surface area contributed by atoms with Crippen LogP contribution in [0.2, 0.25) is 5.02 Å². The summed E-state index contributed by atoms with van der Waals surface area (Å²) in [6.45, 7) is 1.46. The first-order valence-electron chi connectivity index (χ1n) is 4.10. The van der Waals surface area contributed by atoms with Gasteiger partial charge < -0.3 is 4.74 Å². The Bertz CT molecular complexity index is 537. The third kappa shape index (κ3) is 2.66. The Hall–Kier alpha value is -0.780. The van der Waals surface area contributed by atoms with Gasteiger partial charge in [-0.3, -0.25) is 0 Å².